The zero-order chi connectivity index (χ0) is 14.9. The monoisotopic (exact) mass is 316 g/mol. The van der Waals surface area contributed by atoms with Gasteiger partial charge in [0.15, 0.2) is 9.84 Å². The number of nitrogens with two attached hydrogens (primary N) is 1. The molecule has 110 valence electrons. The van der Waals surface area contributed by atoms with E-state index in [0.29, 0.717) is 24.2 Å². The Kier molecular flexibility index (Phi) is 4.25. The third kappa shape index (κ3) is 3.07. The maximum absolute atomic E-state index is 12.5. The molecule has 7 heteroatoms. The number of anilines is 1. The van der Waals surface area contributed by atoms with Crippen molar-refractivity contribution in [1.29, 1.82) is 0 Å². The highest BCUT2D eigenvalue weighted by atomic mass is 35.5. The molecular weight excluding hydrogens is 300 g/mol. The summed E-state index contributed by atoms with van der Waals surface area (Å²) in [6.07, 6.45) is 0.481. The number of sulfone groups is 1. The molecule has 1 aromatic rings. The average Bonchev–Trinajstić information content (AvgIpc) is 2.70. The van der Waals surface area contributed by atoms with Crippen LogP contribution in [0, 0.1) is 0 Å². The quantitative estimate of drug-likeness (QED) is 0.858. The van der Waals surface area contributed by atoms with Crippen molar-refractivity contribution in [2.75, 3.05) is 23.8 Å². The van der Waals surface area contributed by atoms with Gasteiger partial charge in [0.05, 0.1) is 22.1 Å². The van der Waals surface area contributed by atoms with Crippen molar-refractivity contribution in [3.63, 3.8) is 0 Å². The van der Waals surface area contributed by atoms with E-state index in [0.717, 1.165) is 0 Å². The molecule has 1 aromatic carbocycles. The van der Waals surface area contributed by atoms with E-state index in [-0.39, 0.29) is 28.5 Å². The number of rotatable bonds is 3. The Bertz CT molecular complexity index is 631. The van der Waals surface area contributed by atoms with E-state index in [1.165, 1.54) is 6.07 Å². The molecule has 1 atom stereocenters. The number of carbonyl (C=O) groups excluding carboxylic acids is 1. The highest BCUT2D eigenvalue weighted by molar-refractivity contribution is 7.91. The van der Waals surface area contributed by atoms with Crippen molar-refractivity contribution in [2.24, 2.45) is 0 Å². The first-order chi connectivity index (χ1) is 9.34. The summed E-state index contributed by atoms with van der Waals surface area (Å²) >= 11 is 6.04. The van der Waals surface area contributed by atoms with Gasteiger partial charge in [0, 0.05) is 18.3 Å². The van der Waals surface area contributed by atoms with Crippen molar-refractivity contribution in [3.05, 3.63) is 28.8 Å². The number of benzene rings is 1. The zero-order valence-electron chi connectivity index (χ0n) is 11.2. The number of hydrogen-bond acceptors (Lipinski definition) is 4. The van der Waals surface area contributed by atoms with Crippen LogP contribution in [-0.4, -0.2) is 43.3 Å². The third-order valence-corrected chi connectivity index (χ3v) is 5.54. The first-order valence-corrected chi connectivity index (χ1v) is 8.60. The number of amides is 1. The fraction of sp³-hybridized carbons (Fsp3) is 0.462. The Labute approximate surface area is 123 Å². The lowest BCUT2D eigenvalue weighted by molar-refractivity contribution is 0.0708. The molecule has 5 nitrogen and oxygen atoms in total. The summed E-state index contributed by atoms with van der Waals surface area (Å²) in [6.45, 7) is 2.27. The van der Waals surface area contributed by atoms with Crippen molar-refractivity contribution in [1.82, 2.24) is 4.90 Å². The molecule has 2 N–H and O–H groups in total. The van der Waals surface area contributed by atoms with Gasteiger partial charge in [0.2, 0.25) is 0 Å². The molecule has 0 saturated carbocycles. The molecule has 20 heavy (non-hydrogen) atoms. The maximum atomic E-state index is 12.5. The van der Waals surface area contributed by atoms with Crippen LogP contribution < -0.4 is 5.73 Å². The molecule has 1 heterocycles. The summed E-state index contributed by atoms with van der Waals surface area (Å²) in [7, 11) is -3.03. The van der Waals surface area contributed by atoms with Gasteiger partial charge in [-0.1, -0.05) is 11.6 Å². The molecule has 1 fully saturated rings. The fourth-order valence-electron chi connectivity index (χ4n) is 2.45. The number of carbonyl (C=O) groups is 1. The van der Waals surface area contributed by atoms with Gasteiger partial charge in [-0.3, -0.25) is 4.79 Å². The summed E-state index contributed by atoms with van der Waals surface area (Å²) in [5.41, 5.74) is 6.44. The summed E-state index contributed by atoms with van der Waals surface area (Å²) < 4.78 is 23.1. The molecule has 1 aliphatic heterocycles. The second-order valence-corrected chi connectivity index (χ2v) is 7.52. The Morgan fingerprint density at radius 2 is 2.20 bits per heavy atom. The lowest BCUT2D eigenvalue weighted by atomic mass is 10.1. The van der Waals surface area contributed by atoms with E-state index < -0.39 is 9.84 Å². The number of hydrogen-bond donors (Lipinski definition) is 1. The molecule has 2 rings (SSSR count). The predicted molar refractivity (Wildman–Crippen MR) is 79.6 cm³/mol. The van der Waals surface area contributed by atoms with E-state index >= 15 is 0 Å². The minimum Gasteiger partial charge on any atom is -0.399 e. The number of nitrogens with zero attached hydrogens (tertiary/aromatic N) is 1. The maximum Gasteiger partial charge on any atom is 0.255 e. The fourth-order valence-corrected chi connectivity index (χ4v) is 4.45. The highest BCUT2D eigenvalue weighted by Crippen LogP contribution is 2.24. The Morgan fingerprint density at radius 3 is 2.70 bits per heavy atom. The second-order valence-electron chi connectivity index (χ2n) is 4.89. The van der Waals surface area contributed by atoms with Crippen LogP contribution in [-0.2, 0) is 9.84 Å². The van der Waals surface area contributed by atoms with Crippen LogP contribution in [0.5, 0.6) is 0 Å². The standard InChI is InChI=1S/C13H17ClN2O3S/c1-2-16(10-5-6-20(18,19)8-10)13(17)11-4-3-9(15)7-12(11)14/h3-4,7,10H,2,5-6,8,15H2,1H3. The Morgan fingerprint density at radius 1 is 1.50 bits per heavy atom. The third-order valence-electron chi connectivity index (χ3n) is 3.47. The van der Waals surface area contributed by atoms with Gasteiger partial charge in [-0.05, 0) is 31.5 Å². The summed E-state index contributed by atoms with van der Waals surface area (Å²) in [4.78, 5) is 14.1. The van der Waals surface area contributed by atoms with E-state index in [9.17, 15) is 13.2 Å². The molecule has 1 unspecified atom stereocenters. The van der Waals surface area contributed by atoms with Crippen LogP contribution in [0.2, 0.25) is 5.02 Å². The van der Waals surface area contributed by atoms with E-state index in [1.54, 1.807) is 17.0 Å². The molecular formula is C13H17ClN2O3S. The Balaban J connectivity index is 2.26. The molecule has 0 bridgehead atoms. The van der Waals surface area contributed by atoms with Gasteiger partial charge in [0.1, 0.15) is 0 Å². The van der Waals surface area contributed by atoms with Gasteiger partial charge >= 0.3 is 0 Å². The zero-order valence-corrected chi connectivity index (χ0v) is 12.7. The second kappa shape index (κ2) is 5.61. The molecule has 1 amide bonds. The SMILES string of the molecule is CCN(C(=O)c1ccc(N)cc1Cl)C1CCS(=O)(=O)C1. The molecule has 0 radical (unpaired) electrons. The van der Waals surface area contributed by atoms with Crippen LogP contribution in [0.1, 0.15) is 23.7 Å². The van der Waals surface area contributed by atoms with Gasteiger partial charge in [-0.15, -0.1) is 0 Å². The van der Waals surface area contributed by atoms with E-state index in [2.05, 4.69) is 0 Å². The number of nitrogen functional groups attached to an aromatic ring is 1. The van der Waals surface area contributed by atoms with E-state index in [1.807, 2.05) is 6.92 Å². The molecule has 0 aliphatic carbocycles. The normalized spacial score (nSPS) is 20.8. The first-order valence-electron chi connectivity index (χ1n) is 6.40. The van der Waals surface area contributed by atoms with Gasteiger partial charge in [0.25, 0.3) is 5.91 Å². The van der Waals surface area contributed by atoms with E-state index in [4.69, 9.17) is 17.3 Å². The van der Waals surface area contributed by atoms with Gasteiger partial charge in [-0.2, -0.15) is 0 Å². The Hall–Kier alpha value is -1.27. The minimum atomic E-state index is -3.03. The van der Waals surface area contributed by atoms with Crippen LogP contribution in [0.15, 0.2) is 18.2 Å². The predicted octanol–water partition coefficient (Wildman–Crippen LogP) is 1.57. The summed E-state index contributed by atoms with van der Waals surface area (Å²) in [6, 6.07) is 4.43. The van der Waals surface area contributed by atoms with Crippen LogP contribution in [0.3, 0.4) is 0 Å². The van der Waals surface area contributed by atoms with Gasteiger partial charge < -0.3 is 10.6 Å². The van der Waals surface area contributed by atoms with Crippen LogP contribution in [0.4, 0.5) is 5.69 Å². The molecule has 0 aromatic heterocycles. The average molecular weight is 317 g/mol. The van der Waals surface area contributed by atoms with Crippen molar-refractivity contribution in [2.45, 2.75) is 19.4 Å². The topological polar surface area (TPSA) is 80.5 Å². The molecule has 1 saturated heterocycles. The van der Waals surface area contributed by atoms with Crippen molar-refractivity contribution < 1.29 is 13.2 Å². The van der Waals surface area contributed by atoms with Crippen molar-refractivity contribution >= 4 is 33.0 Å². The highest BCUT2D eigenvalue weighted by Gasteiger charge is 2.34. The van der Waals surface area contributed by atoms with Crippen molar-refractivity contribution in [3.8, 4) is 0 Å². The smallest absolute Gasteiger partial charge is 0.255 e. The summed E-state index contributed by atoms with van der Waals surface area (Å²) in [5.74, 6) is -0.0876. The summed E-state index contributed by atoms with van der Waals surface area (Å²) in [5, 5.41) is 0.286. The van der Waals surface area contributed by atoms with Crippen LogP contribution >= 0.6 is 11.6 Å². The largest absolute Gasteiger partial charge is 0.399 e. The van der Waals surface area contributed by atoms with Gasteiger partial charge in [-0.25, -0.2) is 8.42 Å². The first kappa shape index (κ1) is 15.1. The van der Waals surface area contributed by atoms with Crippen LogP contribution in [0.25, 0.3) is 0 Å². The lowest BCUT2D eigenvalue weighted by Crippen LogP contribution is -2.41. The molecule has 1 aliphatic rings. The lowest BCUT2D eigenvalue weighted by Gasteiger charge is -2.27. The number of halogens is 1. The molecule has 0 spiro atoms. The minimum absolute atomic E-state index is 0.0270.